The molecule has 1 aromatic carbocycles. The minimum absolute atomic E-state index is 0.214. The van der Waals surface area contributed by atoms with Crippen molar-refractivity contribution in [3.05, 3.63) is 29.8 Å². The Morgan fingerprint density at radius 3 is 2.56 bits per heavy atom. The number of carbonyl (C=O) groups excluding carboxylic acids is 1. The smallest absolute Gasteiger partial charge is 0.305 e. The summed E-state index contributed by atoms with van der Waals surface area (Å²) < 4.78 is 9.98. The molecule has 1 atom stereocenters. The molecule has 0 spiro atoms. The van der Waals surface area contributed by atoms with Crippen molar-refractivity contribution in [3.8, 4) is 5.75 Å². The van der Waals surface area contributed by atoms with Crippen molar-refractivity contribution in [2.24, 2.45) is 0 Å². The van der Waals surface area contributed by atoms with Crippen LogP contribution in [0.5, 0.6) is 5.75 Å². The van der Waals surface area contributed by atoms with Crippen LogP contribution >= 0.6 is 0 Å². The van der Waals surface area contributed by atoms with Crippen LogP contribution < -0.4 is 4.74 Å². The van der Waals surface area contributed by atoms with Gasteiger partial charge in [-0.2, -0.15) is 0 Å². The van der Waals surface area contributed by atoms with Gasteiger partial charge < -0.3 is 14.6 Å². The summed E-state index contributed by atoms with van der Waals surface area (Å²) in [6, 6.07) is 7.28. The maximum atomic E-state index is 11.0. The lowest BCUT2D eigenvalue weighted by Gasteiger charge is -2.11. The van der Waals surface area contributed by atoms with Crippen LogP contribution in [0.3, 0.4) is 0 Å². The van der Waals surface area contributed by atoms with Gasteiger partial charge in [0, 0.05) is 6.42 Å². The van der Waals surface area contributed by atoms with Gasteiger partial charge in [0.2, 0.25) is 0 Å². The highest BCUT2D eigenvalue weighted by atomic mass is 16.5. The predicted octanol–water partition coefficient (Wildman–Crippen LogP) is 2.46. The molecule has 0 radical (unpaired) electrons. The molecular formula is C14H20O4. The lowest BCUT2D eigenvalue weighted by Crippen LogP contribution is -2.05. The molecule has 0 saturated carbocycles. The first kappa shape index (κ1) is 14.5. The monoisotopic (exact) mass is 252 g/mol. The maximum absolute atomic E-state index is 11.0. The normalized spacial score (nSPS) is 11.9. The van der Waals surface area contributed by atoms with E-state index in [0.29, 0.717) is 13.0 Å². The standard InChI is InChI=1S/C14H20O4/c1-3-10-18-12-6-4-11(5-7-12)13(15)8-9-14(16)17-2/h4-7,13,15H,3,8-10H2,1-2H3. The number of hydrogen-bond donors (Lipinski definition) is 1. The fraction of sp³-hybridized carbons (Fsp3) is 0.500. The fourth-order valence-electron chi connectivity index (χ4n) is 1.53. The largest absolute Gasteiger partial charge is 0.494 e. The van der Waals surface area contributed by atoms with Crippen molar-refractivity contribution in [1.29, 1.82) is 0 Å². The highest BCUT2D eigenvalue weighted by Gasteiger charge is 2.10. The van der Waals surface area contributed by atoms with Gasteiger partial charge >= 0.3 is 5.97 Å². The summed E-state index contributed by atoms with van der Waals surface area (Å²) in [7, 11) is 1.34. The number of ether oxygens (including phenoxy) is 2. The molecule has 18 heavy (non-hydrogen) atoms. The van der Waals surface area contributed by atoms with E-state index in [9.17, 15) is 9.90 Å². The van der Waals surface area contributed by atoms with Crippen LogP contribution in [0, 0.1) is 0 Å². The van der Waals surface area contributed by atoms with Gasteiger partial charge in [-0.05, 0) is 30.5 Å². The number of benzene rings is 1. The van der Waals surface area contributed by atoms with Crippen LogP contribution in [-0.2, 0) is 9.53 Å². The average Bonchev–Trinajstić information content (AvgIpc) is 2.42. The van der Waals surface area contributed by atoms with Gasteiger partial charge in [-0.25, -0.2) is 0 Å². The summed E-state index contributed by atoms with van der Waals surface area (Å²) in [6.45, 7) is 2.73. The van der Waals surface area contributed by atoms with Gasteiger partial charge in [-0.3, -0.25) is 4.79 Å². The van der Waals surface area contributed by atoms with Crippen molar-refractivity contribution in [2.75, 3.05) is 13.7 Å². The molecule has 0 aromatic heterocycles. The van der Waals surface area contributed by atoms with Gasteiger partial charge in [-0.1, -0.05) is 19.1 Å². The van der Waals surface area contributed by atoms with E-state index in [-0.39, 0.29) is 12.4 Å². The minimum atomic E-state index is -0.649. The zero-order chi connectivity index (χ0) is 13.4. The van der Waals surface area contributed by atoms with Crippen molar-refractivity contribution in [2.45, 2.75) is 32.3 Å². The molecule has 0 aliphatic heterocycles. The number of carbonyl (C=O) groups is 1. The van der Waals surface area contributed by atoms with E-state index in [0.717, 1.165) is 17.7 Å². The number of rotatable bonds is 7. The summed E-state index contributed by atoms with van der Waals surface area (Å²) in [5, 5.41) is 9.88. The third kappa shape index (κ3) is 4.75. The lowest BCUT2D eigenvalue weighted by atomic mass is 10.0. The number of hydrogen-bond acceptors (Lipinski definition) is 4. The van der Waals surface area contributed by atoms with E-state index in [2.05, 4.69) is 4.74 Å². The van der Waals surface area contributed by atoms with Gasteiger partial charge in [0.05, 0.1) is 19.8 Å². The van der Waals surface area contributed by atoms with E-state index in [1.54, 1.807) is 0 Å². The molecule has 1 unspecified atom stereocenters. The molecule has 0 amide bonds. The van der Waals surface area contributed by atoms with Crippen LogP contribution in [0.4, 0.5) is 0 Å². The second-order valence-electron chi connectivity index (χ2n) is 4.05. The highest BCUT2D eigenvalue weighted by Crippen LogP contribution is 2.21. The zero-order valence-electron chi connectivity index (χ0n) is 10.9. The average molecular weight is 252 g/mol. The van der Waals surface area contributed by atoms with Crippen LogP contribution in [0.15, 0.2) is 24.3 Å². The first-order valence-corrected chi connectivity index (χ1v) is 6.15. The summed E-state index contributed by atoms with van der Waals surface area (Å²) >= 11 is 0. The number of aliphatic hydroxyl groups is 1. The highest BCUT2D eigenvalue weighted by molar-refractivity contribution is 5.69. The molecule has 0 fully saturated rings. The SMILES string of the molecule is CCCOc1ccc(C(O)CCC(=O)OC)cc1. The van der Waals surface area contributed by atoms with Crippen molar-refractivity contribution in [1.82, 2.24) is 0 Å². The first-order valence-electron chi connectivity index (χ1n) is 6.15. The predicted molar refractivity (Wildman–Crippen MR) is 68.4 cm³/mol. The second-order valence-corrected chi connectivity index (χ2v) is 4.05. The van der Waals surface area contributed by atoms with Crippen molar-refractivity contribution < 1.29 is 19.4 Å². The van der Waals surface area contributed by atoms with Crippen LogP contribution in [-0.4, -0.2) is 24.8 Å². The first-order chi connectivity index (χ1) is 8.67. The summed E-state index contributed by atoms with van der Waals surface area (Å²) in [5.41, 5.74) is 0.780. The molecule has 1 rings (SSSR count). The summed E-state index contributed by atoms with van der Waals surface area (Å²) in [6.07, 6.45) is 0.890. The quantitative estimate of drug-likeness (QED) is 0.757. The molecule has 4 heteroatoms. The minimum Gasteiger partial charge on any atom is -0.494 e. The molecule has 1 N–H and O–H groups in total. The topological polar surface area (TPSA) is 55.8 Å². The van der Waals surface area contributed by atoms with Gasteiger partial charge in [0.1, 0.15) is 5.75 Å². The molecule has 0 bridgehead atoms. The van der Waals surface area contributed by atoms with E-state index >= 15 is 0 Å². The Balaban J connectivity index is 2.48. The fourth-order valence-corrected chi connectivity index (χ4v) is 1.53. The Bertz CT molecular complexity index is 359. The molecule has 100 valence electrons. The molecule has 0 aliphatic carbocycles. The number of methoxy groups -OCH3 is 1. The van der Waals surface area contributed by atoms with E-state index < -0.39 is 6.10 Å². The maximum Gasteiger partial charge on any atom is 0.305 e. The summed E-state index contributed by atoms with van der Waals surface area (Å²) in [4.78, 5) is 11.0. The van der Waals surface area contributed by atoms with Crippen molar-refractivity contribution >= 4 is 5.97 Å². The number of aliphatic hydroxyl groups excluding tert-OH is 1. The zero-order valence-corrected chi connectivity index (χ0v) is 10.9. The van der Waals surface area contributed by atoms with E-state index in [1.807, 2.05) is 31.2 Å². The molecule has 0 aliphatic rings. The van der Waals surface area contributed by atoms with E-state index in [1.165, 1.54) is 7.11 Å². The van der Waals surface area contributed by atoms with Gasteiger partial charge in [-0.15, -0.1) is 0 Å². The number of esters is 1. The van der Waals surface area contributed by atoms with Crippen LogP contribution in [0.25, 0.3) is 0 Å². The molecule has 0 heterocycles. The Labute approximate surface area is 108 Å². The Morgan fingerprint density at radius 2 is 2.00 bits per heavy atom. The van der Waals surface area contributed by atoms with Gasteiger partial charge in [0.25, 0.3) is 0 Å². The summed E-state index contributed by atoms with van der Waals surface area (Å²) in [5.74, 6) is 0.484. The Hall–Kier alpha value is -1.55. The molecule has 0 saturated heterocycles. The molecular weight excluding hydrogens is 232 g/mol. The Morgan fingerprint density at radius 1 is 1.33 bits per heavy atom. The second kappa shape index (κ2) is 7.71. The van der Waals surface area contributed by atoms with E-state index in [4.69, 9.17) is 4.74 Å². The lowest BCUT2D eigenvalue weighted by molar-refractivity contribution is -0.141. The van der Waals surface area contributed by atoms with Crippen LogP contribution in [0.1, 0.15) is 37.9 Å². The Kier molecular flexibility index (Phi) is 6.22. The van der Waals surface area contributed by atoms with Crippen molar-refractivity contribution in [3.63, 3.8) is 0 Å². The molecule has 4 nitrogen and oxygen atoms in total. The molecule has 1 aromatic rings. The van der Waals surface area contributed by atoms with Gasteiger partial charge in [0.15, 0.2) is 0 Å². The third-order valence-corrected chi connectivity index (χ3v) is 2.59. The van der Waals surface area contributed by atoms with Crippen LogP contribution in [0.2, 0.25) is 0 Å². The third-order valence-electron chi connectivity index (χ3n) is 2.59.